The van der Waals surface area contributed by atoms with Crippen LogP contribution in [0.4, 0.5) is 4.79 Å². The fourth-order valence-corrected chi connectivity index (χ4v) is 0.704. The molecule has 0 saturated heterocycles. The average molecular weight is 246 g/mol. The number of carbonyl (C=O) groups excluding carboxylic acids is 1. The van der Waals surface area contributed by atoms with Crippen LogP contribution in [-0.2, 0) is 9.47 Å². The van der Waals surface area contributed by atoms with Gasteiger partial charge in [0.2, 0.25) is 0 Å². The van der Waals surface area contributed by atoms with Crippen LogP contribution >= 0.6 is 0 Å². The quantitative estimate of drug-likeness (QED) is 0.465. The summed E-state index contributed by atoms with van der Waals surface area (Å²) >= 11 is 0. The van der Waals surface area contributed by atoms with E-state index in [2.05, 4.69) is 16.6 Å². The first-order chi connectivity index (χ1) is 7.72. The zero-order valence-electron chi connectivity index (χ0n) is 10.2. The van der Waals surface area contributed by atoms with Crippen molar-refractivity contribution >= 4 is 6.16 Å². The van der Waals surface area contributed by atoms with Crippen molar-refractivity contribution in [2.45, 2.75) is 32.0 Å². The van der Waals surface area contributed by atoms with Crippen molar-refractivity contribution in [1.29, 1.82) is 0 Å². The van der Waals surface area contributed by atoms with Crippen molar-refractivity contribution in [2.24, 2.45) is 0 Å². The van der Waals surface area contributed by atoms with Crippen LogP contribution in [0.1, 0.15) is 20.8 Å². The van der Waals surface area contributed by atoms with Crippen LogP contribution in [0.25, 0.3) is 0 Å². The van der Waals surface area contributed by atoms with Crippen molar-refractivity contribution in [3.63, 3.8) is 0 Å². The molecule has 0 rings (SSSR count). The van der Waals surface area contributed by atoms with Gasteiger partial charge in [0, 0.05) is 0 Å². The largest absolute Gasteiger partial charge is 0.509 e. The summed E-state index contributed by atoms with van der Waals surface area (Å²) in [7, 11) is 0. The second kappa shape index (κ2) is 6.45. The molecule has 0 amide bonds. The summed E-state index contributed by atoms with van der Waals surface area (Å²) in [6, 6.07) is 0. The molecule has 0 bridgehead atoms. The highest BCUT2D eigenvalue weighted by atomic mass is 16.7. The third kappa shape index (κ3) is 7.58. The van der Waals surface area contributed by atoms with Crippen LogP contribution in [0.5, 0.6) is 0 Å². The van der Waals surface area contributed by atoms with Crippen LogP contribution in [0.15, 0.2) is 0 Å². The summed E-state index contributed by atoms with van der Waals surface area (Å²) in [5.41, 5.74) is -2.53. The lowest BCUT2D eigenvalue weighted by Gasteiger charge is -2.18. The second-order valence-electron chi connectivity index (χ2n) is 4.40. The van der Waals surface area contributed by atoms with Gasteiger partial charge < -0.3 is 24.8 Å². The van der Waals surface area contributed by atoms with Gasteiger partial charge in [0.05, 0.1) is 13.2 Å². The number of carbonyl (C=O) groups is 1. The molecular weight excluding hydrogens is 228 g/mol. The van der Waals surface area contributed by atoms with E-state index in [0.29, 0.717) is 0 Å². The van der Waals surface area contributed by atoms with Gasteiger partial charge in [-0.1, -0.05) is 11.8 Å². The summed E-state index contributed by atoms with van der Waals surface area (Å²) in [6.07, 6.45) is -0.872. The maximum absolute atomic E-state index is 11.0. The molecule has 0 aromatic carbocycles. The van der Waals surface area contributed by atoms with E-state index in [4.69, 9.17) is 14.9 Å². The Hall–Kier alpha value is -1.29. The maximum Gasteiger partial charge on any atom is 0.509 e. The fraction of sp³-hybridized carbons (Fsp3) is 0.727. The van der Waals surface area contributed by atoms with Gasteiger partial charge in [0.25, 0.3) is 0 Å². The predicted molar refractivity (Wildman–Crippen MR) is 59.1 cm³/mol. The van der Waals surface area contributed by atoms with Crippen molar-refractivity contribution in [3.05, 3.63) is 0 Å². The molecule has 0 radical (unpaired) electrons. The van der Waals surface area contributed by atoms with Crippen molar-refractivity contribution in [3.8, 4) is 11.8 Å². The molecule has 0 aliphatic rings. The zero-order valence-corrected chi connectivity index (χ0v) is 10.2. The van der Waals surface area contributed by atoms with E-state index in [-0.39, 0.29) is 6.61 Å². The summed E-state index contributed by atoms with van der Waals surface area (Å²) in [4.78, 5) is 11.0. The molecule has 0 aromatic rings. The highest BCUT2D eigenvalue weighted by molar-refractivity contribution is 5.60. The highest BCUT2D eigenvalue weighted by Crippen LogP contribution is 2.07. The topological polar surface area (TPSA) is 96.2 Å². The molecule has 0 aliphatic heterocycles. The van der Waals surface area contributed by atoms with Crippen LogP contribution in [-0.4, -0.2) is 52.5 Å². The minimum absolute atomic E-state index is 0.294. The predicted octanol–water partition coefficient (Wildman–Crippen LogP) is -0.343. The van der Waals surface area contributed by atoms with E-state index in [0.717, 1.165) is 0 Å². The number of hydrogen-bond donors (Lipinski definition) is 3. The number of hydrogen-bond acceptors (Lipinski definition) is 6. The Labute approximate surface area is 100 Å². The van der Waals surface area contributed by atoms with Gasteiger partial charge >= 0.3 is 6.16 Å². The number of aliphatic hydroxyl groups excluding tert-OH is 2. The zero-order chi connectivity index (χ0) is 13.5. The van der Waals surface area contributed by atoms with Gasteiger partial charge in [-0.2, -0.15) is 0 Å². The third-order valence-electron chi connectivity index (χ3n) is 1.50. The summed E-state index contributed by atoms with van der Waals surface area (Å²) in [5, 5.41) is 26.7. The first kappa shape index (κ1) is 15.7. The molecule has 3 N–H and O–H groups in total. The van der Waals surface area contributed by atoms with Gasteiger partial charge in [0.1, 0.15) is 5.60 Å². The lowest BCUT2D eigenvalue weighted by Crippen LogP contribution is -2.35. The lowest BCUT2D eigenvalue weighted by atomic mass is 10.1. The van der Waals surface area contributed by atoms with E-state index < -0.39 is 30.6 Å². The van der Waals surface area contributed by atoms with Crippen molar-refractivity contribution in [1.82, 2.24) is 0 Å². The Bertz CT molecular complexity index is 302. The minimum Gasteiger partial charge on any atom is -0.429 e. The second-order valence-corrected chi connectivity index (χ2v) is 4.40. The summed E-state index contributed by atoms with van der Waals surface area (Å²) in [5.74, 6) is 4.49. The summed E-state index contributed by atoms with van der Waals surface area (Å²) < 4.78 is 9.43. The average Bonchev–Trinajstić information content (AvgIpc) is 2.21. The van der Waals surface area contributed by atoms with Gasteiger partial charge in [-0.3, -0.25) is 0 Å². The Morgan fingerprint density at radius 1 is 1.24 bits per heavy atom. The van der Waals surface area contributed by atoms with Crippen molar-refractivity contribution in [2.75, 3.05) is 19.8 Å². The maximum atomic E-state index is 11.0. The first-order valence-corrected chi connectivity index (χ1v) is 5.02. The SMILES string of the molecule is CC(C)(C)OC(=O)OCC#CC(O)(CO)CO. The fourth-order valence-electron chi connectivity index (χ4n) is 0.704. The smallest absolute Gasteiger partial charge is 0.429 e. The third-order valence-corrected chi connectivity index (χ3v) is 1.50. The molecule has 0 aliphatic carbocycles. The van der Waals surface area contributed by atoms with Crippen LogP contribution in [0, 0.1) is 11.8 Å². The first-order valence-electron chi connectivity index (χ1n) is 5.02. The molecule has 0 unspecified atom stereocenters. The number of aliphatic hydroxyl groups is 3. The van der Waals surface area contributed by atoms with E-state index >= 15 is 0 Å². The van der Waals surface area contributed by atoms with Gasteiger partial charge in [-0.25, -0.2) is 4.79 Å². The van der Waals surface area contributed by atoms with Gasteiger partial charge in [0.15, 0.2) is 12.2 Å². The van der Waals surface area contributed by atoms with Crippen LogP contribution in [0.3, 0.4) is 0 Å². The summed E-state index contributed by atoms with van der Waals surface area (Å²) in [6.45, 7) is 3.37. The van der Waals surface area contributed by atoms with Gasteiger partial charge in [-0.05, 0) is 20.8 Å². The van der Waals surface area contributed by atoms with E-state index in [1.165, 1.54) is 0 Å². The number of ether oxygens (including phenoxy) is 2. The molecule has 0 heterocycles. The van der Waals surface area contributed by atoms with Crippen LogP contribution in [0.2, 0.25) is 0 Å². The Morgan fingerprint density at radius 2 is 1.76 bits per heavy atom. The molecule has 0 aromatic heterocycles. The molecular formula is C11H18O6. The Balaban J connectivity index is 4.08. The van der Waals surface area contributed by atoms with E-state index in [1.807, 2.05) is 0 Å². The molecule has 0 spiro atoms. The molecule has 6 nitrogen and oxygen atoms in total. The number of rotatable bonds is 3. The molecule has 98 valence electrons. The molecule has 0 fully saturated rings. The highest BCUT2D eigenvalue weighted by Gasteiger charge is 2.21. The Kier molecular flexibility index (Phi) is 5.96. The van der Waals surface area contributed by atoms with E-state index in [9.17, 15) is 9.90 Å². The standard InChI is InChI=1S/C11H18O6/c1-10(2,3)17-9(14)16-6-4-5-11(15,7-12)8-13/h12-13,15H,6-8H2,1-3H3. The van der Waals surface area contributed by atoms with Crippen LogP contribution < -0.4 is 0 Å². The Morgan fingerprint density at radius 3 is 2.18 bits per heavy atom. The molecule has 0 atom stereocenters. The lowest BCUT2D eigenvalue weighted by molar-refractivity contribution is -0.0104. The monoisotopic (exact) mass is 246 g/mol. The molecule has 6 heteroatoms. The minimum atomic E-state index is -1.88. The molecule has 0 saturated carbocycles. The van der Waals surface area contributed by atoms with Gasteiger partial charge in [-0.15, -0.1) is 0 Å². The van der Waals surface area contributed by atoms with Crippen molar-refractivity contribution < 1.29 is 29.6 Å². The normalized spacial score (nSPS) is 11.4. The molecule has 17 heavy (non-hydrogen) atoms. The van der Waals surface area contributed by atoms with E-state index in [1.54, 1.807) is 20.8 Å².